The highest BCUT2D eigenvalue weighted by Crippen LogP contribution is 2.35. The monoisotopic (exact) mass is 472 g/mol. The molecule has 2 aromatic heterocycles. The van der Waals surface area contributed by atoms with Crippen molar-refractivity contribution in [2.24, 2.45) is 0 Å². The van der Waals surface area contributed by atoms with Crippen molar-refractivity contribution in [1.29, 1.82) is 0 Å². The summed E-state index contributed by atoms with van der Waals surface area (Å²) in [5.41, 5.74) is 6.58. The molecule has 11 heteroatoms. The number of aromatic nitrogens is 3. The summed E-state index contributed by atoms with van der Waals surface area (Å²) < 4.78 is 33.6. The van der Waals surface area contributed by atoms with Crippen LogP contribution < -0.4 is 5.32 Å². The summed E-state index contributed by atoms with van der Waals surface area (Å²) >= 11 is 0. The Morgan fingerprint density at radius 3 is 2.65 bits per heavy atom. The van der Waals surface area contributed by atoms with Gasteiger partial charge in [0.25, 0.3) is 5.91 Å². The number of aryl methyl sites for hydroxylation is 1. The largest absolute Gasteiger partial charge is 0.508 e. The fourth-order valence-corrected chi connectivity index (χ4v) is 3.81. The van der Waals surface area contributed by atoms with Gasteiger partial charge < -0.3 is 15.5 Å². The number of carbonyl (C=O) groups is 2. The number of aliphatic carboxylic acids is 1. The van der Waals surface area contributed by atoms with Gasteiger partial charge in [0, 0.05) is 23.9 Å². The van der Waals surface area contributed by atoms with Gasteiger partial charge in [-0.05, 0) is 48.2 Å². The van der Waals surface area contributed by atoms with Gasteiger partial charge in [0.2, 0.25) is 0 Å². The van der Waals surface area contributed by atoms with Gasteiger partial charge in [-0.25, -0.2) is 4.79 Å². The molecule has 0 radical (unpaired) electrons. The number of nitrogens with one attached hydrogen (secondary N) is 1. The SMILES string of the molecule is O=C(O)C(F)(F)F.O=C1NCCn2nc3c(c21)CCc1cnc(/C=C/c2cccc(O)c2)cc1-3. The molecule has 0 atom stereocenters. The van der Waals surface area contributed by atoms with Gasteiger partial charge >= 0.3 is 12.1 Å². The van der Waals surface area contributed by atoms with Crippen molar-refractivity contribution in [3.8, 4) is 17.0 Å². The standard InChI is InChI=1S/C21H18N4O2.C2HF3O2/c26-16-3-1-2-13(10-16)4-6-15-11-18-14(12-23-15)5-7-17-19(18)24-25-9-8-22-21(27)20(17)25;3-2(4,5)1(6)7/h1-4,6,10-12,26H,5,7-9H2,(H,22,27);(H,6,7)/b6-4+;. The fraction of sp³-hybridized carbons (Fsp3) is 0.217. The highest BCUT2D eigenvalue weighted by molar-refractivity contribution is 5.97. The number of carboxylic acid groups (broad SMARTS) is 1. The minimum absolute atomic E-state index is 0.0310. The van der Waals surface area contributed by atoms with Crippen LogP contribution in [0.2, 0.25) is 0 Å². The lowest BCUT2D eigenvalue weighted by Crippen LogP contribution is -2.36. The number of hydrogen-bond acceptors (Lipinski definition) is 5. The van der Waals surface area contributed by atoms with E-state index in [9.17, 15) is 23.1 Å². The maximum absolute atomic E-state index is 12.3. The topological polar surface area (TPSA) is 117 Å². The van der Waals surface area contributed by atoms with Crippen LogP contribution in [0.3, 0.4) is 0 Å². The summed E-state index contributed by atoms with van der Waals surface area (Å²) in [6.07, 6.45) is 2.33. The van der Waals surface area contributed by atoms with Crippen molar-refractivity contribution >= 4 is 24.0 Å². The van der Waals surface area contributed by atoms with Crippen LogP contribution in [0.25, 0.3) is 23.4 Å². The lowest BCUT2D eigenvalue weighted by atomic mass is 9.89. The number of rotatable bonds is 2. The quantitative estimate of drug-likeness (QED) is 0.527. The lowest BCUT2D eigenvalue weighted by molar-refractivity contribution is -0.192. The van der Waals surface area contributed by atoms with Crippen LogP contribution in [0.5, 0.6) is 5.75 Å². The molecule has 2 aliphatic rings. The summed E-state index contributed by atoms with van der Waals surface area (Å²) in [6.45, 7) is 1.33. The predicted molar refractivity (Wildman–Crippen MR) is 116 cm³/mol. The van der Waals surface area contributed by atoms with Crippen molar-refractivity contribution < 1.29 is 33.0 Å². The van der Waals surface area contributed by atoms with Crippen molar-refractivity contribution in [1.82, 2.24) is 20.1 Å². The number of phenolic OH excluding ortho intramolecular Hbond substituents is 1. The van der Waals surface area contributed by atoms with Gasteiger partial charge in [-0.3, -0.25) is 14.5 Å². The molecule has 3 aromatic rings. The third-order valence-corrected chi connectivity index (χ3v) is 5.34. The molecule has 0 saturated heterocycles. The lowest BCUT2D eigenvalue weighted by Gasteiger charge is -2.17. The maximum Gasteiger partial charge on any atom is 0.490 e. The van der Waals surface area contributed by atoms with Crippen LogP contribution in [0.15, 0.2) is 36.5 Å². The van der Waals surface area contributed by atoms with Crippen LogP contribution in [0, 0.1) is 0 Å². The van der Waals surface area contributed by atoms with E-state index in [4.69, 9.17) is 15.0 Å². The molecular weight excluding hydrogens is 453 g/mol. The van der Waals surface area contributed by atoms with Crippen molar-refractivity contribution in [3.63, 3.8) is 0 Å². The predicted octanol–water partition coefficient (Wildman–Crippen LogP) is 3.30. The number of phenols is 1. The number of carbonyl (C=O) groups excluding carboxylic acids is 1. The second-order valence-corrected chi connectivity index (χ2v) is 7.65. The number of halogens is 3. The minimum Gasteiger partial charge on any atom is -0.508 e. The van der Waals surface area contributed by atoms with E-state index < -0.39 is 12.1 Å². The first-order valence-corrected chi connectivity index (χ1v) is 10.3. The van der Waals surface area contributed by atoms with Crippen LogP contribution in [0.1, 0.15) is 32.9 Å². The summed E-state index contributed by atoms with van der Waals surface area (Å²) in [4.78, 5) is 25.7. The second-order valence-electron chi connectivity index (χ2n) is 7.65. The number of alkyl halides is 3. The summed E-state index contributed by atoms with van der Waals surface area (Å²) in [6, 6.07) is 9.11. The number of carboxylic acids is 1. The first-order chi connectivity index (χ1) is 16.1. The van der Waals surface area contributed by atoms with E-state index in [1.807, 2.05) is 41.2 Å². The van der Waals surface area contributed by atoms with Gasteiger partial charge in [0.1, 0.15) is 11.4 Å². The Hall–Kier alpha value is -4.15. The van der Waals surface area contributed by atoms with Gasteiger partial charge in [0.15, 0.2) is 0 Å². The minimum atomic E-state index is -5.08. The van der Waals surface area contributed by atoms with Crippen molar-refractivity contribution in [2.75, 3.05) is 6.54 Å². The Morgan fingerprint density at radius 2 is 1.94 bits per heavy atom. The molecule has 0 unspecified atom stereocenters. The molecule has 1 aromatic carbocycles. The molecule has 0 saturated carbocycles. The summed E-state index contributed by atoms with van der Waals surface area (Å²) in [7, 11) is 0. The number of aromatic hydroxyl groups is 1. The first kappa shape index (κ1) is 23.0. The van der Waals surface area contributed by atoms with Crippen molar-refractivity contribution in [2.45, 2.75) is 25.6 Å². The van der Waals surface area contributed by atoms with Crippen LogP contribution in [-0.2, 0) is 24.2 Å². The molecular formula is C23H19F3N4O4. The van der Waals surface area contributed by atoms with Crippen molar-refractivity contribution in [3.05, 3.63) is 64.6 Å². The molecule has 1 amide bonds. The average Bonchev–Trinajstić information content (AvgIpc) is 3.18. The number of benzene rings is 1. The third kappa shape index (κ3) is 4.77. The van der Waals surface area contributed by atoms with Crippen LogP contribution >= 0.6 is 0 Å². The van der Waals surface area contributed by atoms with E-state index in [1.165, 1.54) is 0 Å². The maximum atomic E-state index is 12.3. The van der Waals surface area contributed by atoms with E-state index in [0.717, 1.165) is 46.5 Å². The number of amides is 1. The Bertz CT molecular complexity index is 1300. The Labute approximate surface area is 191 Å². The number of fused-ring (bicyclic) bond motifs is 5. The fourth-order valence-electron chi connectivity index (χ4n) is 3.81. The Kier molecular flexibility index (Phi) is 6.10. The van der Waals surface area contributed by atoms with E-state index in [-0.39, 0.29) is 11.7 Å². The zero-order chi connectivity index (χ0) is 24.5. The Balaban J connectivity index is 0.000000344. The van der Waals surface area contributed by atoms with Gasteiger partial charge in [-0.2, -0.15) is 18.3 Å². The highest BCUT2D eigenvalue weighted by Gasteiger charge is 2.38. The molecule has 176 valence electrons. The zero-order valence-corrected chi connectivity index (χ0v) is 17.6. The molecule has 0 bridgehead atoms. The molecule has 0 fully saturated rings. The third-order valence-electron chi connectivity index (χ3n) is 5.34. The van der Waals surface area contributed by atoms with E-state index in [0.29, 0.717) is 18.8 Å². The summed E-state index contributed by atoms with van der Waals surface area (Å²) in [5.74, 6) is -2.55. The number of pyridine rings is 1. The molecule has 3 N–H and O–H groups in total. The molecule has 0 spiro atoms. The van der Waals surface area contributed by atoms with Gasteiger partial charge in [-0.15, -0.1) is 0 Å². The number of nitrogens with zero attached hydrogens (tertiary/aromatic N) is 3. The summed E-state index contributed by atoms with van der Waals surface area (Å²) in [5, 5.41) is 24.3. The number of hydrogen-bond donors (Lipinski definition) is 3. The molecule has 1 aliphatic heterocycles. The average molecular weight is 472 g/mol. The first-order valence-electron chi connectivity index (χ1n) is 10.3. The smallest absolute Gasteiger partial charge is 0.490 e. The van der Waals surface area contributed by atoms with Gasteiger partial charge in [-0.1, -0.05) is 18.2 Å². The van der Waals surface area contributed by atoms with E-state index in [2.05, 4.69) is 10.3 Å². The zero-order valence-electron chi connectivity index (χ0n) is 17.6. The molecule has 3 heterocycles. The Morgan fingerprint density at radius 1 is 1.18 bits per heavy atom. The van der Waals surface area contributed by atoms with Crippen LogP contribution in [-0.4, -0.2) is 49.6 Å². The molecule has 5 rings (SSSR count). The van der Waals surface area contributed by atoms with Gasteiger partial charge in [0.05, 0.1) is 17.9 Å². The molecule has 34 heavy (non-hydrogen) atoms. The second kappa shape index (κ2) is 9.00. The molecule has 8 nitrogen and oxygen atoms in total. The highest BCUT2D eigenvalue weighted by atomic mass is 19.4. The molecule has 1 aliphatic carbocycles. The normalized spacial score (nSPS) is 14.4. The van der Waals surface area contributed by atoms with Crippen LogP contribution in [0.4, 0.5) is 13.2 Å². The van der Waals surface area contributed by atoms with E-state index in [1.54, 1.807) is 12.1 Å². The van der Waals surface area contributed by atoms with E-state index >= 15 is 0 Å².